The second-order valence-corrected chi connectivity index (χ2v) is 3.65. The standard InChI is InChI=1S/C8H14BrNO6/c9-1-6(14)10-4(2-11)7(15)8(16)5(13)3-12/h2,4-5,7-8,12-13,15-16H,1,3H2,(H,10,14)/t4-,5+,7+,8-/m0/s1. The molecule has 0 aliphatic carbocycles. The summed E-state index contributed by atoms with van der Waals surface area (Å²) in [5.41, 5.74) is 0. The molecular weight excluding hydrogens is 286 g/mol. The fourth-order valence-electron chi connectivity index (χ4n) is 0.972. The largest absolute Gasteiger partial charge is 0.394 e. The highest BCUT2D eigenvalue weighted by Crippen LogP contribution is 2.04. The lowest BCUT2D eigenvalue weighted by Crippen LogP contribution is -2.53. The number of hydrogen-bond donors (Lipinski definition) is 5. The van der Waals surface area contributed by atoms with Crippen LogP contribution in [0.3, 0.4) is 0 Å². The first kappa shape index (κ1) is 15.5. The van der Waals surface area contributed by atoms with Crippen LogP contribution in [0.4, 0.5) is 0 Å². The van der Waals surface area contributed by atoms with Crippen molar-refractivity contribution in [1.29, 1.82) is 0 Å². The van der Waals surface area contributed by atoms with Crippen LogP contribution in [-0.4, -0.2) is 68.9 Å². The highest BCUT2D eigenvalue weighted by atomic mass is 79.9. The first-order valence-electron chi connectivity index (χ1n) is 4.43. The van der Waals surface area contributed by atoms with E-state index in [1.165, 1.54) is 0 Å². The van der Waals surface area contributed by atoms with E-state index in [-0.39, 0.29) is 11.6 Å². The number of halogens is 1. The molecule has 0 aromatic heterocycles. The zero-order valence-electron chi connectivity index (χ0n) is 8.28. The summed E-state index contributed by atoms with van der Waals surface area (Å²) in [7, 11) is 0. The van der Waals surface area contributed by atoms with Gasteiger partial charge in [-0.2, -0.15) is 0 Å². The van der Waals surface area contributed by atoms with E-state index in [2.05, 4.69) is 21.2 Å². The van der Waals surface area contributed by atoms with Crippen molar-refractivity contribution in [2.45, 2.75) is 24.4 Å². The highest BCUT2D eigenvalue weighted by Gasteiger charge is 2.31. The van der Waals surface area contributed by atoms with Gasteiger partial charge in [-0.25, -0.2) is 0 Å². The minimum Gasteiger partial charge on any atom is -0.394 e. The Morgan fingerprint density at radius 2 is 1.88 bits per heavy atom. The minimum absolute atomic E-state index is 0.0668. The number of nitrogens with one attached hydrogen (secondary N) is 1. The van der Waals surface area contributed by atoms with Gasteiger partial charge < -0.3 is 30.5 Å². The molecule has 0 fully saturated rings. The third-order valence-electron chi connectivity index (χ3n) is 1.89. The molecule has 16 heavy (non-hydrogen) atoms. The summed E-state index contributed by atoms with van der Waals surface area (Å²) in [6.07, 6.45) is -4.77. The molecule has 8 heteroatoms. The van der Waals surface area contributed by atoms with Crippen LogP contribution in [-0.2, 0) is 9.59 Å². The number of aliphatic hydroxyl groups excluding tert-OH is 4. The van der Waals surface area contributed by atoms with E-state index in [4.69, 9.17) is 10.2 Å². The number of carbonyl (C=O) groups is 2. The molecular formula is C8H14BrNO6. The molecule has 0 aliphatic heterocycles. The predicted molar refractivity (Wildman–Crippen MR) is 56.9 cm³/mol. The summed E-state index contributed by atoms with van der Waals surface area (Å²) >= 11 is 2.84. The smallest absolute Gasteiger partial charge is 0.231 e. The molecule has 7 nitrogen and oxygen atoms in total. The third kappa shape index (κ3) is 4.54. The first-order valence-corrected chi connectivity index (χ1v) is 5.55. The number of aliphatic hydroxyl groups is 4. The number of rotatable bonds is 7. The van der Waals surface area contributed by atoms with Crippen LogP contribution in [0.5, 0.6) is 0 Å². The van der Waals surface area contributed by atoms with Crippen LogP contribution in [0.25, 0.3) is 0 Å². The average molecular weight is 300 g/mol. The first-order chi connectivity index (χ1) is 7.47. The lowest BCUT2D eigenvalue weighted by molar-refractivity contribution is -0.129. The fraction of sp³-hybridized carbons (Fsp3) is 0.750. The van der Waals surface area contributed by atoms with Crippen molar-refractivity contribution >= 4 is 28.1 Å². The van der Waals surface area contributed by atoms with Gasteiger partial charge in [0.2, 0.25) is 5.91 Å². The van der Waals surface area contributed by atoms with Crippen LogP contribution >= 0.6 is 15.9 Å². The summed E-state index contributed by atoms with van der Waals surface area (Å²) in [6, 6.07) is -1.35. The van der Waals surface area contributed by atoms with E-state index in [9.17, 15) is 19.8 Å². The maximum atomic E-state index is 10.9. The molecule has 0 bridgehead atoms. The van der Waals surface area contributed by atoms with Gasteiger partial charge in [0.05, 0.1) is 11.9 Å². The average Bonchev–Trinajstić information content (AvgIpc) is 2.32. The summed E-state index contributed by atoms with van der Waals surface area (Å²) < 4.78 is 0. The van der Waals surface area contributed by atoms with Crippen molar-refractivity contribution in [2.75, 3.05) is 11.9 Å². The molecule has 4 atom stereocenters. The van der Waals surface area contributed by atoms with Gasteiger partial charge in [-0.3, -0.25) is 4.79 Å². The van der Waals surface area contributed by atoms with E-state index < -0.39 is 36.9 Å². The molecule has 0 aromatic rings. The van der Waals surface area contributed by atoms with Crippen LogP contribution in [0.2, 0.25) is 0 Å². The van der Waals surface area contributed by atoms with Crippen LogP contribution in [0.15, 0.2) is 0 Å². The lowest BCUT2D eigenvalue weighted by Gasteiger charge is -2.25. The van der Waals surface area contributed by atoms with Gasteiger partial charge in [-0.1, -0.05) is 15.9 Å². The lowest BCUT2D eigenvalue weighted by atomic mass is 10.0. The molecule has 5 N–H and O–H groups in total. The van der Waals surface area contributed by atoms with Crippen molar-refractivity contribution < 1.29 is 30.0 Å². The predicted octanol–water partition coefficient (Wildman–Crippen LogP) is -2.86. The molecule has 0 saturated heterocycles. The third-order valence-corrected chi connectivity index (χ3v) is 2.40. The summed E-state index contributed by atoms with van der Waals surface area (Å²) in [6.45, 7) is -0.768. The Morgan fingerprint density at radius 1 is 1.31 bits per heavy atom. The number of amides is 1. The van der Waals surface area contributed by atoms with Gasteiger partial charge in [0.15, 0.2) is 0 Å². The molecule has 1 amide bonds. The molecule has 0 heterocycles. The maximum Gasteiger partial charge on any atom is 0.231 e. The maximum absolute atomic E-state index is 10.9. The number of hydrogen-bond acceptors (Lipinski definition) is 6. The zero-order chi connectivity index (χ0) is 12.7. The monoisotopic (exact) mass is 299 g/mol. The normalized spacial score (nSPS) is 18.3. The Bertz CT molecular complexity index is 239. The van der Waals surface area contributed by atoms with E-state index in [0.717, 1.165) is 0 Å². The van der Waals surface area contributed by atoms with Crippen molar-refractivity contribution in [2.24, 2.45) is 0 Å². The summed E-state index contributed by atoms with van der Waals surface area (Å²) in [5.74, 6) is -0.554. The fourth-order valence-corrected chi connectivity index (χ4v) is 1.13. The van der Waals surface area contributed by atoms with Gasteiger partial charge in [0.25, 0.3) is 0 Å². The van der Waals surface area contributed by atoms with Crippen molar-refractivity contribution in [3.8, 4) is 0 Å². The Hall–Kier alpha value is -0.540. The Kier molecular flexibility index (Phi) is 7.43. The second-order valence-electron chi connectivity index (χ2n) is 3.09. The van der Waals surface area contributed by atoms with Gasteiger partial charge in [0.1, 0.15) is 30.6 Å². The SMILES string of the molecule is O=C[C@H](NC(=O)CBr)[C@@H](O)[C@@H](O)[C@H](O)CO. The summed E-state index contributed by atoms with van der Waals surface area (Å²) in [5, 5.41) is 38.4. The van der Waals surface area contributed by atoms with Crippen LogP contribution in [0.1, 0.15) is 0 Å². The number of carbonyl (C=O) groups excluding carboxylic acids is 2. The highest BCUT2D eigenvalue weighted by molar-refractivity contribution is 9.09. The molecule has 94 valence electrons. The number of alkyl halides is 1. The quantitative estimate of drug-likeness (QED) is 0.254. The zero-order valence-corrected chi connectivity index (χ0v) is 9.87. The Balaban J connectivity index is 4.45. The molecule has 0 aromatic carbocycles. The topological polar surface area (TPSA) is 127 Å². The van der Waals surface area contributed by atoms with Gasteiger partial charge in [-0.05, 0) is 0 Å². The number of aldehydes is 1. The molecule has 0 spiro atoms. The van der Waals surface area contributed by atoms with Crippen LogP contribution < -0.4 is 5.32 Å². The molecule has 0 radical (unpaired) electrons. The Morgan fingerprint density at radius 3 is 2.25 bits per heavy atom. The van der Waals surface area contributed by atoms with E-state index >= 15 is 0 Å². The van der Waals surface area contributed by atoms with Crippen LogP contribution in [0, 0.1) is 0 Å². The summed E-state index contributed by atoms with van der Waals surface area (Å²) in [4.78, 5) is 21.5. The Labute approximate surface area is 100 Å². The molecule has 0 aliphatic rings. The minimum atomic E-state index is -1.73. The molecule has 0 rings (SSSR count). The van der Waals surface area contributed by atoms with Gasteiger partial charge >= 0.3 is 0 Å². The van der Waals surface area contributed by atoms with Crippen molar-refractivity contribution in [3.05, 3.63) is 0 Å². The molecule has 0 saturated carbocycles. The van der Waals surface area contributed by atoms with E-state index in [0.29, 0.717) is 0 Å². The van der Waals surface area contributed by atoms with Gasteiger partial charge in [-0.15, -0.1) is 0 Å². The van der Waals surface area contributed by atoms with E-state index in [1.54, 1.807) is 0 Å². The van der Waals surface area contributed by atoms with E-state index in [1.807, 2.05) is 0 Å². The van der Waals surface area contributed by atoms with Gasteiger partial charge in [0, 0.05) is 0 Å². The van der Waals surface area contributed by atoms with Crippen molar-refractivity contribution in [1.82, 2.24) is 5.32 Å². The van der Waals surface area contributed by atoms with Crippen molar-refractivity contribution in [3.63, 3.8) is 0 Å². The molecule has 0 unspecified atom stereocenters. The second kappa shape index (κ2) is 7.69.